The van der Waals surface area contributed by atoms with Crippen molar-refractivity contribution >= 4 is 17.1 Å². The molecule has 0 aliphatic rings. The molecular weight excluding hydrogens is 228 g/mol. The molecule has 17 heavy (non-hydrogen) atoms. The summed E-state index contributed by atoms with van der Waals surface area (Å²) in [5.41, 5.74) is 3.32. The average molecular weight is 244 g/mol. The van der Waals surface area contributed by atoms with Crippen molar-refractivity contribution in [1.82, 2.24) is 0 Å². The number of carbonyl (C=O) groups excluding carboxylic acids is 1. The second kappa shape index (κ2) is 5.78. The molecule has 0 aliphatic carbocycles. The van der Waals surface area contributed by atoms with Gasteiger partial charge in [0.25, 0.3) is 0 Å². The van der Waals surface area contributed by atoms with Gasteiger partial charge in [-0.3, -0.25) is 4.79 Å². The van der Waals surface area contributed by atoms with E-state index in [1.165, 1.54) is 5.56 Å². The highest BCUT2D eigenvalue weighted by atomic mass is 32.1. The van der Waals surface area contributed by atoms with Crippen molar-refractivity contribution < 1.29 is 4.79 Å². The molecule has 0 N–H and O–H groups in total. The first-order valence-electron chi connectivity index (χ1n) is 5.87. The normalized spacial score (nSPS) is 10.4. The van der Waals surface area contributed by atoms with Crippen molar-refractivity contribution in [2.75, 3.05) is 0 Å². The lowest BCUT2D eigenvalue weighted by Crippen LogP contribution is -2.00. The fraction of sp³-hybridized carbons (Fsp3) is 0.267. The number of hydrogen-bond donors (Lipinski definition) is 0. The molecule has 1 aromatic heterocycles. The van der Waals surface area contributed by atoms with E-state index in [0.717, 1.165) is 24.0 Å². The molecule has 0 aliphatic heterocycles. The van der Waals surface area contributed by atoms with Crippen LogP contribution in [-0.4, -0.2) is 5.78 Å². The zero-order valence-electron chi connectivity index (χ0n) is 9.98. The summed E-state index contributed by atoms with van der Waals surface area (Å²) in [5.74, 6) is 0.277. The largest absolute Gasteiger partial charge is 0.294 e. The molecule has 1 aromatic carbocycles. The number of carbonyl (C=O) groups is 1. The van der Waals surface area contributed by atoms with E-state index in [1.807, 2.05) is 35.9 Å². The van der Waals surface area contributed by atoms with Crippen molar-refractivity contribution in [2.24, 2.45) is 0 Å². The topological polar surface area (TPSA) is 17.1 Å². The molecule has 0 fully saturated rings. The van der Waals surface area contributed by atoms with Gasteiger partial charge in [-0.15, -0.1) is 0 Å². The minimum absolute atomic E-state index is 0.277. The van der Waals surface area contributed by atoms with E-state index >= 15 is 0 Å². The average Bonchev–Trinajstić information content (AvgIpc) is 2.77. The van der Waals surface area contributed by atoms with Gasteiger partial charge in [0.15, 0.2) is 5.78 Å². The van der Waals surface area contributed by atoms with E-state index < -0.39 is 0 Å². The lowest BCUT2D eigenvalue weighted by molar-refractivity contribution is 0.0980. The number of benzene rings is 1. The Balaban J connectivity index is 1.84. The summed E-state index contributed by atoms with van der Waals surface area (Å²) in [6.07, 6.45) is 2.56. The van der Waals surface area contributed by atoms with Gasteiger partial charge in [-0.1, -0.05) is 30.3 Å². The van der Waals surface area contributed by atoms with Gasteiger partial charge in [0.1, 0.15) is 0 Å². The number of rotatable bonds is 5. The Morgan fingerprint density at radius 1 is 1.18 bits per heavy atom. The van der Waals surface area contributed by atoms with Crippen LogP contribution in [0.25, 0.3) is 0 Å². The summed E-state index contributed by atoms with van der Waals surface area (Å²) >= 11 is 1.60. The molecule has 0 bridgehead atoms. The molecule has 1 nitrogen and oxygen atoms in total. The fourth-order valence-electron chi connectivity index (χ4n) is 1.88. The van der Waals surface area contributed by atoms with E-state index in [4.69, 9.17) is 0 Å². The molecule has 0 unspecified atom stereocenters. The van der Waals surface area contributed by atoms with Gasteiger partial charge in [-0.25, -0.2) is 0 Å². The lowest BCUT2D eigenvalue weighted by atomic mass is 10.0. The Morgan fingerprint density at radius 2 is 1.94 bits per heavy atom. The molecule has 0 spiro atoms. The van der Waals surface area contributed by atoms with Crippen LogP contribution in [-0.2, 0) is 6.42 Å². The molecule has 0 radical (unpaired) electrons. The van der Waals surface area contributed by atoms with E-state index in [9.17, 15) is 4.79 Å². The first-order chi connectivity index (χ1) is 8.27. The molecule has 2 aromatic rings. The van der Waals surface area contributed by atoms with Crippen LogP contribution in [0.15, 0.2) is 41.1 Å². The van der Waals surface area contributed by atoms with Crippen LogP contribution < -0.4 is 0 Å². The second-order valence-corrected chi connectivity index (χ2v) is 4.97. The third-order valence-corrected chi connectivity index (χ3v) is 3.73. The fourth-order valence-corrected chi connectivity index (χ4v) is 2.73. The van der Waals surface area contributed by atoms with Gasteiger partial charge in [0, 0.05) is 17.4 Å². The maximum absolute atomic E-state index is 11.9. The van der Waals surface area contributed by atoms with E-state index in [2.05, 4.69) is 12.1 Å². The van der Waals surface area contributed by atoms with Crippen LogP contribution in [0.5, 0.6) is 0 Å². The first-order valence-corrected chi connectivity index (χ1v) is 6.81. The van der Waals surface area contributed by atoms with E-state index in [1.54, 1.807) is 11.3 Å². The van der Waals surface area contributed by atoms with Gasteiger partial charge in [-0.05, 0) is 36.3 Å². The Labute approximate surface area is 106 Å². The zero-order chi connectivity index (χ0) is 12.1. The highest BCUT2D eigenvalue weighted by Gasteiger charge is 2.09. The zero-order valence-corrected chi connectivity index (χ0v) is 10.8. The molecule has 0 atom stereocenters. The monoisotopic (exact) mass is 244 g/mol. The molecule has 1 heterocycles. The van der Waals surface area contributed by atoms with Crippen LogP contribution >= 0.6 is 11.3 Å². The molecule has 0 saturated heterocycles. The number of aryl methyl sites for hydroxylation is 2. The second-order valence-electron chi connectivity index (χ2n) is 4.23. The highest BCUT2D eigenvalue weighted by Crippen LogP contribution is 2.17. The quantitative estimate of drug-likeness (QED) is 0.718. The molecule has 2 rings (SSSR count). The standard InChI is InChI=1S/C15H16OS/c1-12-10-17-11-14(12)15(16)9-5-8-13-6-3-2-4-7-13/h2-4,6-7,10-11H,5,8-9H2,1H3. The van der Waals surface area contributed by atoms with Crippen LogP contribution in [0.3, 0.4) is 0 Å². The third kappa shape index (κ3) is 3.27. The SMILES string of the molecule is Cc1cscc1C(=O)CCCc1ccccc1. The highest BCUT2D eigenvalue weighted by molar-refractivity contribution is 7.08. The number of hydrogen-bond acceptors (Lipinski definition) is 2. The Morgan fingerprint density at radius 3 is 2.59 bits per heavy atom. The van der Waals surface area contributed by atoms with Gasteiger partial charge in [0.05, 0.1) is 0 Å². The van der Waals surface area contributed by atoms with Gasteiger partial charge >= 0.3 is 0 Å². The smallest absolute Gasteiger partial charge is 0.163 e. The first kappa shape index (κ1) is 12.1. The van der Waals surface area contributed by atoms with Crippen molar-refractivity contribution in [3.63, 3.8) is 0 Å². The molecule has 2 heteroatoms. The summed E-state index contributed by atoms with van der Waals surface area (Å²) in [5, 5.41) is 3.99. The van der Waals surface area contributed by atoms with Crippen LogP contribution in [0.1, 0.15) is 34.3 Å². The van der Waals surface area contributed by atoms with Crippen LogP contribution in [0, 0.1) is 6.92 Å². The minimum Gasteiger partial charge on any atom is -0.294 e. The van der Waals surface area contributed by atoms with E-state index in [-0.39, 0.29) is 5.78 Å². The number of ketones is 1. The number of Topliss-reactive ketones (excluding diaryl/α,β-unsaturated/α-hetero) is 1. The predicted molar refractivity (Wildman–Crippen MR) is 72.8 cm³/mol. The summed E-state index contributed by atoms with van der Waals surface area (Å²) < 4.78 is 0. The van der Waals surface area contributed by atoms with Gasteiger partial charge in [-0.2, -0.15) is 11.3 Å². The summed E-state index contributed by atoms with van der Waals surface area (Å²) in [7, 11) is 0. The molecular formula is C15H16OS. The molecule has 88 valence electrons. The molecule has 0 saturated carbocycles. The van der Waals surface area contributed by atoms with Crippen molar-refractivity contribution in [3.8, 4) is 0 Å². The van der Waals surface area contributed by atoms with Crippen LogP contribution in [0.4, 0.5) is 0 Å². The Bertz CT molecular complexity index is 485. The summed E-state index contributed by atoms with van der Waals surface area (Å²) in [6, 6.07) is 10.3. The summed E-state index contributed by atoms with van der Waals surface area (Å²) in [4.78, 5) is 11.9. The summed E-state index contributed by atoms with van der Waals surface area (Å²) in [6.45, 7) is 2.00. The minimum atomic E-state index is 0.277. The number of thiophene rings is 1. The maximum Gasteiger partial charge on any atom is 0.163 e. The van der Waals surface area contributed by atoms with Crippen LogP contribution in [0.2, 0.25) is 0 Å². The lowest BCUT2D eigenvalue weighted by Gasteiger charge is -2.01. The Kier molecular flexibility index (Phi) is 4.10. The van der Waals surface area contributed by atoms with Gasteiger partial charge < -0.3 is 0 Å². The van der Waals surface area contributed by atoms with Crippen molar-refractivity contribution in [3.05, 3.63) is 57.8 Å². The maximum atomic E-state index is 11.9. The molecule has 0 amide bonds. The third-order valence-electron chi connectivity index (χ3n) is 2.87. The van der Waals surface area contributed by atoms with E-state index in [0.29, 0.717) is 6.42 Å². The predicted octanol–water partition coefficient (Wildman–Crippen LogP) is 4.26. The van der Waals surface area contributed by atoms with Gasteiger partial charge in [0.2, 0.25) is 0 Å². The van der Waals surface area contributed by atoms with Crippen molar-refractivity contribution in [2.45, 2.75) is 26.2 Å². The Hall–Kier alpha value is -1.41. The van der Waals surface area contributed by atoms with Crippen molar-refractivity contribution in [1.29, 1.82) is 0 Å².